The summed E-state index contributed by atoms with van der Waals surface area (Å²) < 4.78 is 4.83. The highest BCUT2D eigenvalue weighted by Crippen LogP contribution is 2.24. The zero-order valence-corrected chi connectivity index (χ0v) is 7.81. The Balaban J connectivity index is 2.07. The molecule has 0 saturated carbocycles. The molecule has 0 bridgehead atoms. The summed E-state index contributed by atoms with van der Waals surface area (Å²) in [6, 6.07) is 0.277. The minimum Gasteiger partial charge on any atom is -0.364 e. The molecule has 4 nitrogen and oxygen atoms in total. The molecule has 13 heavy (non-hydrogen) atoms. The number of rotatable bonds is 1. The van der Waals surface area contributed by atoms with Crippen LogP contribution in [0.15, 0.2) is 17.0 Å². The topological polar surface area (TPSA) is 55.3 Å². The maximum absolute atomic E-state index is 5.93. The van der Waals surface area contributed by atoms with Gasteiger partial charge in [0.1, 0.15) is 6.26 Å². The lowest BCUT2D eigenvalue weighted by atomic mass is 9.91. The molecule has 1 aromatic rings. The molecule has 1 aliphatic rings. The van der Waals surface area contributed by atoms with Crippen LogP contribution < -0.4 is 5.73 Å². The number of piperidine rings is 1. The highest BCUT2D eigenvalue weighted by Gasteiger charge is 2.24. The molecule has 0 aliphatic carbocycles. The second kappa shape index (κ2) is 3.47. The summed E-state index contributed by atoms with van der Waals surface area (Å²) in [4.78, 5) is 2.26. The lowest BCUT2D eigenvalue weighted by molar-refractivity contribution is 0.226. The minimum absolute atomic E-state index is 0.277. The predicted octanol–water partition coefficient (Wildman–Crippen LogP) is 0.421. The van der Waals surface area contributed by atoms with Crippen molar-refractivity contribution in [1.29, 1.82) is 0 Å². The molecule has 0 radical (unpaired) electrons. The van der Waals surface area contributed by atoms with E-state index in [2.05, 4.69) is 17.1 Å². The van der Waals surface area contributed by atoms with Crippen LogP contribution in [0.2, 0.25) is 0 Å². The summed E-state index contributed by atoms with van der Waals surface area (Å²) in [6.07, 6.45) is 4.54. The number of nitrogens with zero attached hydrogens (tertiary/aromatic N) is 2. The van der Waals surface area contributed by atoms with Crippen LogP contribution in [0, 0.1) is 0 Å². The van der Waals surface area contributed by atoms with Crippen LogP contribution in [-0.4, -0.2) is 36.2 Å². The van der Waals surface area contributed by atoms with Gasteiger partial charge in [0.05, 0.1) is 6.20 Å². The monoisotopic (exact) mass is 181 g/mol. The Hall–Kier alpha value is -0.870. The Morgan fingerprint density at radius 3 is 3.08 bits per heavy atom. The Labute approximate surface area is 77.7 Å². The first-order valence-electron chi connectivity index (χ1n) is 4.59. The van der Waals surface area contributed by atoms with Gasteiger partial charge in [-0.25, -0.2) is 0 Å². The highest BCUT2D eigenvalue weighted by atomic mass is 16.5. The van der Waals surface area contributed by atoms with Gasteiger partial charge in [0.15, 0.2) is 0 Å². The molecule has 0 aromatic carbocycles. The predicted molar refractivity (Wildman–Crippen MR) is 49.3 cm³/mol. The number of aromatic nitrogens is 1. The van der Waals surface area contributed by atoms with Crippen molar-refractivity contribution in [3.05, 3.63) is 18.0 Å². The Morgan fingerprint density at radius 2 is 2.46 bits per heavy atom. The molecule has 2 unspecified atom stereocenters. The molecule has 1 saturated heterocycles. The van der Waals surface area contributed by atoms with Crippen LogP contribution >= 0.6 is 0 Å². The molecule has 1 aliphatic heterocycles. The fourth-order valence-corrected chi connectivity index (χ4v) is 2.02. The van der Waals surface area contributed by atoms with Crippen molar-refractivity contribution in [3.63, 3.8) is 0 Å². The number of likely N-dealkylation sites (N-methyl/N-ethyl adjacent to an activating group) is 1. The molecule has 4 heteroatoms. The van der Waals surface area contributed by atoms with E-state index in [4.69, 9.17) is 10.3 Å². The second-order valence-electron chi connectivity index (χ2n) is 3.87. The first kappa shape index (κ1) is 8.72. The van der Waals surface area contributed by atoms with Crippen molar-refractivity contribution in [3.8, 4) is 0 Å². The van der Waals surface area contributed by atoms with Crippen LogP contribution in [0.5, 0.6) is 0 Å². The number of nitrogens with two attached hydrogens (primary N) is 1. The van der Waals surface area contributed by atoms with E-state index in [-0.39, 0.29) is 6.04 Å². The molecule has 2 N–H and O–H groups in total. The Kier molecular flexibility index (Phi) is 2.33. The first-order chi connectivity index (χ1) is 6.25. The number of hydrogen-bond acceptors (Lipinski definition) is 4. The summed E-state index contributed by atoms with van der Waals surface area (Å²) in [5.41, 5.74) is 7.10. The third-order valence-corrected chi connectivity index (χ3v) is 2.59. The quantitative estimate of drug-likeness (QED) is 0.682. The van der Waals surface area contributed by atoms with Gasteiger partial charge < -0.3 is 15.2 Å². The third-order valence-electron chi connectivity index (χ3n) is 2.59. The molecule has 2 rings (SSSR count). The molecular formula is C9H15N3O. The van der Waals surface area contributed by atoms with Gasteiger partial charge in [-0.2, -0.15) is 0 Å². The van der Waals surface area contributed by atoms with Crippen LogP contribution in [0.4, 0.5) is 0 Å². The van der Waals surface area contributed by atoms with Gasteiger partial charge in [-0.05, 0) is 13.5 Å². The summed E-state index contributed by atoms with van der Waals surface area (Å²) >= 11 is 0. The fraction of sp³-hybridized carbons (Fsp3) is 0.667. The average Bonchev–Trinajstić information content (AvgIpc) is 2.53. The van der Waals surface area contributed by atoms with E-state index in [1.54, 1.807) is 12.5 Å². The van der Waals surface area contributed by atoms with Crippen molar-refractivity contribution in [2.75, 3.05) is 20.1 Å². The molecule has 2 atom stereocenters. The smallest absolute Gasteiger partial charge is 0.127 e. The molecule has 72 valence electrons. The second-order valence-corrected chi connectivity index (χ2v) is 3.87. The van der Waals surface area contributed by atoms with Crippen molar-refractivity contribution in [1.82, 2.24) is 10.1 Å². The largest absolute Gasteiger partial charge is 0.364 e. The van der Waals surface area contributed by atoms with Crippen LogP contribution in [0.25, 0.3) is 0 Å². The van der Waals surface area contributed by atoms with Gasteiger partial charge in [0, 0.05) is 30.6 Å². The maximum Gasteiger partial charge on any atom is 0.127 e. The van der Waals surface area contributed by atoms with Gasteiger partial charge in [-0.3, -0.25) is 0 Å². The van der Waals surface area contributed by atoms with E-state index in [9.17, 15) is 0 Å². The van der Waals surface area contributed by atoms with Crippen molar-refractivity contribution < 1.29 is 4.52 Å². The normalized spacial score (nSPS) is 30.6. The van der Waals surface area contributed by atoms with E-state index < -0.39 is 0 Å². The summed E-state index contributed by atoms with van der Waals surface area (Å²) in [5.74, 6) is 0.486. The van der Waals surface area contributed by atoms with Crippen LogP contribution in [0.1, 0.15) is 17.9 Å². The zero-order chi connectivity index (χ0) is 9.26. The molecule has 0 amide bonds. The van der Waals surface area contributed by atoms with Gasteiger partial charge >= 0.3 is 0 Å². The Bertz CT molecular complexity index is 250. The summed E-state index contributed by atoms with van der Waals surface area (Å²) in [6.45, 7) is 2.04. The van der Waals surface area contributed by atoms with Crippen molar-refractivity contribution in [2.24, 2.45) is 5.73 Å². The van der Waals surface area contributed by atoms with E-state index in [0.29, 0.717) is 5.92 Å². The maximum atomic E-state index is 5.93. The standard InChI is InChI=1S/C9H15N3O/c1-12-4-7(2-9(10)5-12)8-3-11-13-6-8/h3,6-7,9H,2,4-5,10H2,1H3. The SMILES string of the molecule is CN1CC(N)CC(c2cnoc2)C1. The van der Waals surface area contributed by atoms with Gasteiger partial charge in [-0.15, -0.1) is 0 Å². The van der Waals surface area contributed by atoms with E-state index in [1.165, 1.54) is 5.56 Å². The van der Waals surface area contributed by atoms with E-state index in [0.717, 1.165) is 19.5 Å². The summed E-state index contributed by atoms with van der Waals surface area (Å²) in [7, 11) is 2.10. The van der Waals surface area contributed by atoms with Crippen molar-refractivity contribution in [2.45, 2.75) is 18.4 Å². The van der Waals surface area contributed by atoms with Crippen molar-refractivity contribution >= 4 is 0 Å². The molecule has 0 spiro atoms. The van der Waals surface area contributed by atoms with Gasteiger partial charge in [0.2, 0.25) is 0 Å². The Morgan fingerprint density at radius 1 is 1.62 bits per heavy atom. The summed E-state index contributed by atoms with van der Waals surface area (Å²) in [5, 5.41) is 3.71. The van der Waals surface area contributed by atoms with Gasteiger partial charge in [0.25, 0.3) is 0 Å². The van der Waals surface area contributed by atoms with E-state index in [1.807, 2.05) is 0 Å². The molecular weight excluding hydrogens is 166 g/mol. The highest BCUT2D eigenvalue weighted by molar-refractivity contribution is 5.11. The number of likely N-dealkylation sites (tertiary alicyclic amines) is 1. The molecule has 1 aromatic heterocycles. The average molecular weight is 181 g/mol. The van der Waals surface area contributed by atoms with Crippen LogP contribution in [0.3, 0.4) is 0 Å². The first-order valence-corrected chi connectivity index (χ1v) is 4.59. The van der Waals surface area contributed by atoms with Gasteiger partial charge in [-0.1, -0.05) is 5.16 Å². The molecule has 1 fully saturated rings. The fourth-order valence-electron chi connectivity index (χ4n) is 2.02. The number of hydrogen-bond donors (Lipinski definition) is 1. The lowest BCUT2D eigenvalue weighted by Crippen LogP contribution is -2.44. The lowest BCUT2D eigenvalue weighted by Gasteiger charge is -2.33. The molecule has 2 heterocycles. The third kappa shape index (κ3) is 1.89. The van der Waals surface area contributed by atoms with Crippen LogP contribution in [-0.2, 0) is 0 Å². The minimum atomic E-state index is 0.277. The van der Waals surface area contributed by atoms with E-state index >= 15 is 0 Å². The zero-order valence-electron chi connectivity index (χ0n) is 7.81.